The van der Waals surface area contributed by atoms with Gasteiger partial charge in [0.25, 0.3) is 0 Å². The average molecular weight is 253 g/mol. The number of rotatable bonds is 2. The van der Waals surface area contributed by atoms with Crippen molar-refractivity contribution in [1.29, 1.82) is 5.41 Å². The van der Waals surface area contributed by atoms with Gasteiger partial charge in [0.05, 0.1) is 0 Å². The Bertz CT molecular complexity index is 363. The van der Waals surface area contributed by atoms with Crippen molar-refractivity contribution >= 4 is 19.3 Å². The maximum absolute atomic E-state index is 5.75. The highest BCUT2D eigenvalue weighted by molar-refractivity contribution is 7.81. The molecule has 1 aromatic rings. The summed E-state index contributed by atoms with van der Waals surface area (Å²) in [7, 11) is 0. The van der Waals surface area contributed by atoms with E-state index in [1.807, 2.05) is 13.0 Å². The second-order valence-electron chi connectivity index (χ2n) is 4.10. The first kappa shape index (κ1) is 16.0. The summed E-state index contributed by atoms with van der Waals surface area (Å²) >= 11 is 4.49. The number of thiol groups is 1. The zero-order valence-corrected chi connectivity index (χ0v) is 10.8. The number of fused-ring (bicyclic) bond motifs is 1. The Morgan fingerprint density at radius 2 is 2.12 bits per heavy atom. The van der Waals surface area contributed by atoms with E-state index in [1.165, 1.54) is 17.5 Å². The van der Waals surface area contributed by atoms with Gasteiger partial charge in [0.2, 0.25) is 0 Å². The summed E-state index contributed by atoms with van der Waals surface area (Å²) in [6.07, 6.45) is 3.23. The third kappa shape index (κ3) is 3.77. The second-order valence-corrected chi connectivity index (χ2v) is 5.04. The minimum atomic E-state index is -0.313. The van der Waals surface area contributed by atoms with E-state index in [9.17, 15) is 0 Å². The zero-order chi connectivity index (χ0) is 12.2. The topological polar surface area (TPSA) is 33.1 Å². The molecule has 0 fully saturated rings. The molecule has 2 nitrogen and oxygen atoms in total. The van der Waals surface area contributed by atoms with Gasteiger partial charge in [-0.1, -0.05) is 32.9 Å². The van der Waals surface area contributed by atoms with Crippen LogP contribution in [0.15, 0.2) is 18.2 Å². The van der Waals surface area contributed by atoms with E-state index in [0.717, 1.165) is 18.6 Å². The van der Waals surface area contributed by atoms with E-state index in [1.54, 1.807) is 0 Å². The molecule has 0 aliphatic carbocycles. The molecule has 0 saturated carbocycles. The van der Waals surface area contributed by atoms with E-state index in [2.05, 4.69) is 38.4 Å². The lowest BCUT2D eigenvalue weighted by Crippen LogP contribution is -2.21. The van der Waals surface area contributed by atoms with Crippen LogP contribution in [0.25, 0.3) is 0 Å². The Kier molecular flexibility index (Phi) is 6.32. The Morgan fingerprint density at radius 1 is 1.47 bits per heavy atom. The molecule has 1 heterocycles. The van der Waals surface area contributed by atoms with Crippen LogP contribution in [-0.2, 0) is 12.8 Å². The molecular formula is C14H23NOS. The Morgan fingerprint density at radius 3 is 2.71 bits per heavy atom. The highest BCUT2D eigenvalue weighted by Crippen LogP contribution is 2.39. The summed E-state index contributed by atoms with van der Waals surface area (Å²) < 4.78 is 5.75. The molecule has 0 bridgehead atoms. The number of benzene rings is 1. The van der Waals surface area contributed by atoms with Gasteiger partial charge in [-0.05, 0) is 31.7 Å². The summed E-state index contributed by atoms with van der Waals surface area (Å²) in [4.78, 5) is -0.313. The Balaban J connectivity index is 0.000000811. The van der Waals surface area contributed by atoms with Crippen molar-refractivity contribution in [2.75, 3.05) is 0 Å². The van der Waals surface area contributed by atoms with E-state index in [4.69, 9.17) is 10.1 Å². The standard InChI is InChI=1S/C12H16OS.CH3N.CH4/c1-3-5-9-6-4-7-11-10(9)8-12(2,14)13-11;1-2;/h4,6-7,14H,3,5,8H2,1-2H3;2H,1H2;1H4. The van der Waals surface area contributed by atoms with Crippen molar-refractivity contribution in [1.82, 2.24) is 0 Å². The SMILES string of the molecule is C.C=N.CCCc1cccc2c1CC(C)(S)O2. The maximum atomic E-state index is 5.75. The van der Waals surface area contributed by atoms with E-state index in [-0.39, 0.29) is 12.4 Å². The fraction of sp³-hybridized carbons (Fsp3) is 0.500. The van der Waals surface area contributed by atoms with E-state index in [0.29, 0.717) is 0 Å². The van der Waals surface area contributed by atoms with Crippen molar-refractivity contribution < 1.29 is 4.74 Å². The third-order valence-electron chi connectivity index (χ3n) is 2.58. The lowest BCUT2D eigenvalue weighted by atomic mass is 10.00. The predicted molar refractivity (Wildman–Crippen MR) is 78.7 cm³/mol. The largest absolute Gasteiger partial charge is 0.477 e. The Labute approximate surface area is 110 Å². The van der Waals surface area contributed by atoms with Gasteiger partial charge in [-0.25, -0.2) is 0 Å². The van der Waals surface area contributed by atoms with Crippen LogP contribution < -0.4 is 4.74 Å². The minimum Gasteiger partial charge on any atom is -0.477 e. The van der Waals surface area contributed by atoms with Crippen LogP contribution >= 0.6 is 12.6 Å². The second kappa shape index (κ2) is 6.70. The van der Waals surface area contributed by atoms with Crippen LogP contribution in [0.4, 0.5) is 0 Å². The molecule has 2 rings (SSSR count). The van der Waals surface area contributed by atoms with Gasteiger partial charge in [0.1, 0.15) is 5.75 Å². The fourth-order valence-electron chi connectivity index (χ4n) is 2.01. The molecule has 1 aliphatic rings. The van der Waals surface area contributed by atoms with Crippen LogP contribution in [0, 0.1) is 5.41 Å². The van der Waals surface area contributed by atoms with Crippen molar-refractivity contribution in [3.63, 3.8) is 0 Å². The van der Waals surface area contributed by atoms with Gasteiger partial charge in [0, 0.05) is 12.0 Å². The summed E-state index contributed by atoms with van der Waals surface area (Å²) in [6, 6.07) is 6.30. The summed E-state index contributed by atoms with van der Waals surface area (Å²) in [6.45, 7) is 6.72. The molecule has 1 unspecified atom stereocenters. The smallest absolute Gasteiger partial charge is 0.153 e. The van der Waals surface area contributed by atoms with Crippen molar-refractivity contribution in [3.05, 3.63) is 29.3 Å². The molecule has 1 N–H and O–H groups in total. The number of hydrogen-bond donors (Lipinski definition) is 2. The molecule has 3 heteroatoms. The van der Waals surface area contributed by atoms with E-state index >= 15 is 0 Å². The molecule has 96 valence electrons. The number of aryl methyl sites for hydroxylation is 1. The molecule has 0 amide bonds. The van der Waals surface area contributed by atoms with Gasteiger partial charge in [-0.15, -0.1) is 12.6 Å². The number of ether oxygens (including phenoxy) is 1. The fourth-order valence-corrected chi connectivity index (χ4v) is 2.27. The first-order valence-corrected chi connectivity index (χ1v) is 5.94. The van der Waals surface area contributed by atoms with Crippen LogP contribution in [0.5, 0.6) is 5.75 Å². The highest BCUT2D eigenvalue weighted by atomic mass is 32.1. The molecule has 17 heavy (non-hydrogen) atoms. The molecule has 0 saturated heterocycles. The van der Waals surface area contributed by atoms with Gasteiger partial charge in [-0.3, -0.25) is 0 Å². The van der Waals surface area contributed by atoms with Crippen LogP contribution in [0.3, 0.4) is 0 Å². The molecule has 1 aliphatic heterocycles. The first-order chi connectivity index (χ1) is 7.62. The quantitative estimate of drug-likeness (QED) is 0.603. The summed E-state index contributed by atoms with van der Waals surface area (Å²) in [5, 5.41) is 5.50. The molecule has 0 radical (unpaired) electrons. The molecule has 0 aromatic heterocycles. The predicted octanol–water partition coefficient (Wildman–Crippen LogP) is 4.12. The monoisotopic (exact) mass is 253 g/mol. The van der Waals surface area contributed by atoms with Crippen LogP contribution in [-0.4, -0.2) is 11.7 Å². The van der Waals surface area contributed by atoms with Gasteiger partial charge in [0.15, 0.2) is 4.93 Å². The summed E-state index contributed by atoms with van der Waals surface area (Å²) in [5.41, 5.74) is 2.77. The molecular weight excluding hydrogens is 230 g/mol. The van der Waals surface area contributed by atoms with E-state index < -0.39 is 0 Å². The van der Waals surface area contributed by atoms with Crippen LogP contribution in [0.2, 0.25) is 0 Å². The van der Waals surface area contributed by atoms with Crippen LogP contribution in [0.1, 0.15) is 38.8 Å². The average Bonchev–Trinajstić information content (AvgIpc) is 2.57. The molecule has 1 atom stereocenters. The van der Waals surface area contributed by atoms with Crippen molar-refractivity contribution in [2.24, 2.45) is 0 Å². The zero-order valence-electron chi connectivity index (χ0n) is 9.92. The normalized spacial score (nSPS) is 20.4. The third-order valence-corrected chi connectivity index (χ3v) is 2.83. The van der Waals surface area contributed by atoms with Gasteiger partial charge >= 0.3 is 0 Å². The highest BCUT2D eigenvalue weighted by Gasteiger charge is 2.32. The number of hydrogen-bond acceptors (Lipinski definition) is 3. The van der Waals surface area contributed by atoms with Crippen molar-refractivity contribution in [3.8, 4) is 5.75 Å². The number of nitrogens with one attached hydrogen (secondary N) is 1. The van der Waals surface area contributed by atoms with Gasteiger partial charge in [-0.2, -0.15) is 0 Å². The van der Waals surface area contributed by atoms with Gasteiger partial charge < -0.3 is 10.1 Å². The molecule has 1 aromatic carbocycles. The van der Waals surface area contributed by atoms with Crippen molar-refractivity contribution in [2.45, 2.75) is 45.5 Å². The first-order valence-electron chi connectivity index (χ1n) is 5.50. The lowest BCUT2D eigenvalue weighted by Gasteiger charge is -2.15. The Hall–Kier alpha value is -0.960. The summed E-state index contributed by atoms with van der Waals surface area (Å²) in [5.74, 6) is 1.02. The maximum Gasteiger partial charge on any atom is 0.153 e. The minimum absolute atomic E-state index is 0. The molecule has 0 spiro atoms. The lowest BCUT2D eigenvalue weighted by molar-refractivity contribution is 0.220.